The molecule has 1 saturated heterocycles. The van der Waals surface area contributed by atoms with Gasteiger partial charge in [0.25, 0.3) is 0 Å². The number of hydrogen-bond acceptors (Lipinski definition) is 3. The van der Waals surface area contributed by atoms with Crippen molar-refractivity contribution in [2.45, 2.75) is 31.8 Å². The van der Waals surface area contributed by atoms with Crippen LogP contribution in [-0.2, 0) is 6.42 Å². The van der Waals surface area contributed by atoms with Gasteiger partial charge in [0.1, 0.15) is 11.6 Å². The summed E-state index contributed by atoms with van der Waals surface area (Å²) in [5, 5.41) is 0. The highest BCUT2D eigenvalue weighted by atomic mass is 32.1. The van der Waals surface area contributed by atoms with Gasteiger partial charge in [0.05, 0.1) is 6.04 Å². The number of halogens is 2. The number of carbonyl (C=O) groups is 1. The number of nitrogens with one attached hydrogen (secondary N) is 1. The van der Waals surface area contributed by atoms with E-state index in [4.69, 9.17) is 0 Å². The molecule has 3 rings (SSSR count). The lowest BCUT2D eigenvalue weighted by Crippen LogP contribution is -2.48. The quantitative estimate of drug-likeness (QED) is 0.734. The summed E-state index contributed by atoms with van der Waals surface area (Å²) in [6, 6.07) is 11.1. The average molecular weight is 406 g/mol. The molecule has 2 atom stereocenters. The number of hydrogen-bond donors (Lipinski definition) is 2. The fourth-order valence-corrected chi connectivity index (χ4v) is 3.99. The van der Waals surface area contributed by atoms with E-state index in [1.165, 1.54) is 12.1 Å². The van der Waals surface area contributed by atoms with E-state index >= 15 is 0 Å². The normalized spacial score (nSPS) is 19.1. The lowest BCUT2D eigenvalue weighted by molar-refractivity contribution is 0.157. The first kappa shape index (κ1) is 20.6. The van der Waals surface area contributed by atoms with Crippen LogP contribution in [0.15, 0.2) is 42.5 Å². The zero-order chi connectivity index (χ0) is 20.3. The van der Waals surface area contributed by atoms with Crippen LogP contribution in [0, 0.1) is 11.6 Å². The largest absolute Gasteiger partial charge is 0.328 e. The lowest BCUT2D eigenvalue weighted by Gasteiger charge is -2.31. The second-order valence-electron chi connectivity index (χ2n) is 7.14. The fourth-order valence-electron chi connectivity index (χ4n) is 3.69. The monoisotopic (exact) mass is 405 g/mol. The number of benzene rings is 2. The van der Waals surface area contributed by atoms with E-state index in [-0.39, 0.29) is 18.1 Å². The molecule has 0 aromatic heterocycles. The van der Waals surface area contributed by atoms with Crippen molar-refractivity contribution in [3.8, 4) is 11.1 Å². The summed E-state index contributed by atoms with van der Waals surface area (Å²) in [5.74, 6) is -1.20. The van der Waals surface area contributed by atoms with Crippen molar-refractivity contribution in [1.29, 1.82) is 0 Å². The smallest absolute Gasteiger partial charge is 0.320 e. The summed E-state index contributed by atoms with van der Waals surface area (Å²) in [7, 11) is 1.79. The van der Waals surface area contributed by atoms with E-state index in [1.807, 2.05) is 36.1 Å². The standard InChI is InChI=1S/C21H25F2N3OS/c1-3-25(2)21(27)26-8-7-19(24-28)20(26)10-14-5-4-6-15(9-14)16-11-17(22)13-18(23)12-16/h4-6,9,11-13,19-20,24,28H,3,7-8,10H2,1-2H3. The van der Waals surface area contributed by atoms with E-state index in [2.05, 4.69) is 17.5 Å². The van der Waals surface area contributed by atoms with Gasteiger partial charge >= 0.3 is 6.03 Å². The molecule has 1 fully saturated rings. The predicted molar refractivity (Wildman–Crippen MR) is 110 cm³/mol. The first-order valence-corrected chi connectivity index (χ1v) is 9.84. The Kier molecular flexibility index (Phi) is 6.57. The molecule has 2 aromatic carbocycles. The van der Waals surface area contributed by atoms with Crippen LogP contribution in [0.25, 0.3) is 11.1 Å². The highest BCUT2D eigenvalue weighted by Crippen LogP contribution is 2.27. The molecule has 0 radical (unpaired) electrons. The molecule has 0 aliphatic carbocycles. The van der Waals surface area contributed by atoms with Gasteiger partial charge in [-0.3, -0.25) is 4.72 Å². The Labute approximate surface area is 170 Å². The summed E-state index contributed by atoms with van der Waals surface area (Å²) < 4.78 is 30.2. The minimum Gasteiger partial charge on any atom is -0.328 e. The molecular weight excluding hydrogens is 380 g/mol. The molecule has 0 saturated carbocycles. The molecule has 1 aliphatic heterocycles. The second-order valence-corrected chi connectivity index (χ2v) is 7.40. The Morgan fingerprint density at radius 2 is 1.93 bits per heavy atom. The van der Waals surface area contributed by atoms with Gasteiger partial charge in [-0.25, -0.2) is 13.6 Å². The van der Waals surface area contributed by atoms with Gasteiger partial charge in [0.15, 0.2) is 0 Å². The maximum Gasteiger partial charge on any atom is 0.320 e. The third-order valence-electron chi connectivity index (χ3n) is 5.33. The van der Waals surface area contributed by atoms with Crippen LogP contribution in [0.3, 0.4) is 0 Å². The second kappa shape index (κ2) is 8.92. The van der Waals surface area contributed by atoms with Gasteiger partial charge in [0, 0.05) is 32.2 Å². The molecule has 0 spiro atoms. The Morgan fingerprint density at radius 3 is 2.57 bits per heavy atom. The van der Waals surface area contributed by atoms with Crippen molar-refractivity contribution in [1.82, 2.24) is 14.5 Å². The van der Waals surface area contributed by atoms with Gasteiger partial charge in [-0.15, -0.1) is 0 Å². The molecular formula is C21H25F2N3OS. The number of thiol groups is 1. The SMILES string of the molecule is CCN(C)C(=O)N1CCC(NS)C1Cc1cccc(-c2cc(F)cc(F)c2)c1. The highest BCUT2D eigenvalue weighted by Gasteiger charge is 2.37. The Balaban J connectivity index is 1.85. The van der Waals surface area contributed by atoms with E-state index in [0.717, 1.165) is 23.6 Å². The van der Waals surface area contributed by atoms with Crippen LogP contribution >= 0.6 is 12.8 Å². The van der Waals surface area contributed by atoms with Gasteiger partial charge in [-0.05, 0) is 48.6 Å². The molecule has 0 bridgehead atoms. The molecule has 2 amide bonds. The zero-order valence-corrected chi connectivity index (χ0v) is 16.9. The molecule has 4 nitrogen and oxygen atoms in total. The molecule has 2 unspecified atom stereocenters. The lowest BCUT2D eigenvalue weighted by atomic mass is 9.97. The van der Waals surface area contributed by atoms with E-state index in [0.29, 0.717) is 25.1 Å². The van der Waals surface area contributed by atoms with E-state index in [1.54, 1.807) is 11.9 Å². The fraction of sp³-hybridized carbons (Fsp3) is 0.381. The number of nitrogens with zero attached hydrogens (tertiary/aromatic N) is 2. The van der Waals surface area contributed by atoms with Crippen molar-refractivity contribution >= 4 is 18.8 Å². The first-order chi connectivity index (χ1) is 13.4. The maximum absolute atomic E-state index is 13.6. The van der Waals surface area contributed by atoms with Gasteiger partial charge in [-0.2, -0.15) is 0 Å². The third-order valence-corrected chi connectivity index (χ3v) is 5.66. The zero-order valence-electron chi connectivity index (χ0n) is 16.0. The summed E-state index contributed by atoms with van der Waals surface area (Å²) >= 11 is 4.24. The molecule has 1 aliphatic rings. The van der Waals surface area contributed by atoms with E-state index < -0.39 is 11.6 Å². The van der Waals surface area contributed by atoms with Crippen molar-refractivity contribution in [2.24, 2.45) is 0 Å². The van der Waals surface area contributed by atoms with Crippen LogP contribution in [0.5, 0.6) is 0 Å². The van der Waals surface area contributed by atoms with Crippen LogP contribution in [0.4, 0.5) is 13.6 Å². The number of amides is 2. The molecule has 28 heavy (non-hydrogen) atoms. The number of urea groups is 1. The van der Waals surface area contributed by atoms with Crippen molar-refractivity contribution in [3.63, 3.8) is 0 Å². The minimum absolute atomic E-state index is 0.00180. The van der Waals surface area contributed by atoms with Gasteiger partial charge in [0.2, 0.25) is 0 Å². The maximum atomic E-state index is 13.6. The summed E-state index contributed by atoms with van der Waals surface area (Å²) in [5.41, 5.74) is 2.24. The molecule has 1 N–H and O–H groups in total. The summed E-state index contributed by atoms with van der Waals surface area (Å²) in [4.78, 5) is 16.3. The van der Waals surface area contributed by atoms with Crippen LogP contribution in [0.1, 0.15) is 18.9 Å². The third kappa shape index (κ3) is 4.47. The number of carbonyl (C=O) groups excluding carboxylic acids is 1. The Hall–Kier alpha value is -2.12. The molecule has 7 heteroatoms. The van der Waals surface area contributed by atoms with Crippen molar-refractivity contribution in [3.05, 3.63) is 59.7 Å². The minimum atomic E-state index is -0.602. The predicted octanol–water partition coefficient (Wildman–Crippen LogP) is 4.12. The number of likely N-dealkylation sites (tertiary alicyclic amines) is 1. The molecule has 1 heterocycles. The van der Waals surface area contributed by atoms with Crippen molar-refractivity contribution < 1.29 is 13.6 Å². The average Bonchev–Trinajstić information content (AvgIpc) is 3.08. The van der Waals surface area contributed by atoms with Gasteiger partial charge in [-0.1, -0.05) is 37.1 Å². The molecule has 2 aromatic rings. The van der Waals surface area contributed by atoms with Crippen LogP contribution in [0.2, 0.25) is 0 Å². The highest BCUT2D eigenvalue weighted by molar-refractivity contribution is 7.78. The number of rotatable bonds is 5. The Bertz CT molecular complexity index is 828. The summed E-state index contributed by atoms with van der Waals surface area (Å²) in [6.45, 7) is 3.25. The van der Waals surface area contributed by atoms with Crippen LogP contribution < -0.4 is 4.72 Å². The van der Waals surface area contributed by atoms with Crippen LogP contribution in [-0.4, -0.2) is 48.1 Å². The van der Waals surface area contributed by atoms with Crippen molar-refractivity contribution in [2.75, 3.05) is 20.1 Å². The van der Waals surface area contributed by atoms with Gasteiger partial charge < -0.3 is 9.80 Å². The molecule has 150 valence electrons. The topological polar surface area (TPSA) is 35.6 Å². The first-order valence-electron chi connectivity index (χ1n) is 9.39. The van der Waals surface area contributed by atoms with E-state index in [9.17, 15) is 13.6 Å². The summed E-state index contributed by atoms with van der Waals surface area (Å²) in [6.07, 6.45) is 1.46. The Morgan fingerprint density at radius 1 is 1.21 bits per heavy atom.